The molecule has 1 heterocycles. The van der Waals surface area contributed by atoms with E-state index in [1.807, 2.05) is 0 Å². The van der Waals surface area contributed by atoms with E-state index in [-0.39, 0.29) is 5.69 Å². The van der Waals surface area contributed by atoms with Crippen LogP contribution in [0, 0.1) is 15.5 Å². The SMILES string of the molecule is COc1ccc([N+](=O)[O-])c(N2CCSC2=N)c1. The van der Waals surface area contributed by atoms with Crippen LogP contribution in [-0.4, -0.2) is 29.5 Å². The van der Waals surface area contributed by atoms with Crippen molar-refractivity contribution in [3.05, 3.63) is 28.3 Å². The maximum absolute atomic E-state index is 10.9. The number of nitrogens with one attached hydrogen (secondary N) is 1. The molecule has 0 atom stereocenters. The Morgan fingerprint density at radius 3 is 2.88 bits per heavy atom. The van der Waals surface area contributed by atoms with Crippen molar-refractivity contribution >= 4 is 28.3 Å². The Kier molecular flexibility index (Phi) is 3.19. The van der Waals surface area contributed by atoms with Crippen LogP contribution in [-0.2, 0) is 0 Å². The van der Waals surface area contributed by atoms with Crippen molar-refractivity contribution in [1.82, 2.24) is 0 Å². The molecule has 7 heteroatoms. The summed E-state index contributed by atoms with van der Waals surface area (Å²) in [6, 6.07) is 4.55. The molecule has 1 aromatic carbocycles. The van der Waals surface area contributed by atoms with E-state index >= 15 is 0 Å². The van der Waals surface area contributed by atoms with Gasteiger partial charge in [0.1, 0.15) is 11.4 Å². The first kappa shape index (κ1) is 11.7. The topological polar surface area (TPSA) is 79.5 Å². The lowest BCUT2D eigenvalue weighted by Gasteiger charge is -2.17. The van der Waals surface area contributed by atoms with Gasteiger partial charge < -0.3 is 9.64 Å². The summed E-state index contributed by atoms with van der Waals surface area (Å²) in [5, 5.41) is 19.0. The lowest BCUT2D eigenvalue weighted by atomic mass is 10.2. The molecule has 0 unspecified atom stereocenters. The number of thioether (sulfide) groups is 1. The van der Waals surface area contributed by atoms with Crippen LogP contribution < -0.4 is 9.64 Å². The van der Waals surface area contributed by atoms with Gasteiger partial charge in [0, 0.05) is 24.4 Å². The average molecular weight is 253 g/mol. The van der Waals surface area contributed by atoms with E-state index in [9.17, 15) is 10.1 Å². The molecule has 1 aromatic rings. The van der Waals surface area contributed by atoms with Crippen LogP contribution in [0.3, 0.4) is 0 Å². The number of hydrogen-bond acceptors (Lipinski definition) is 5. The van der Waals surface area contributed by atoms with Gasteiger partial charge in [-0.2, -0.15) is 0 Å². The standard InChI is InChI=1S/C10H11N3O3S/c1-16-7-2-3-8(13(14)15)9(6-7)12-4-5-17-10(12)11/h2-3,6,11H,4-5H2,1H3. The number of hydrogen-bond donors (Lipinski definition) is 1. The smallest absolute Gasteiger partial charge is 0.293 e. The molecule has 1 aliphatic rings. The summed E-state index contributed by atoms with van der Waals surface area (Å²) in [6.07, 6.45) is 0. The second-order valence-electron chi connectivity index (χ2n) is 3.42. The summed E-state index contributed by atoms with van der Waals surface area (Å²) < 4.78 is 5.06. The zero-order chi connectivity index (χ0) is 12.4. The number of rotatable bonds is 3. The Bertz CT molecular complexity index is 478. The zero-order valence-corrected chi connectivity index (χ0v) is 9.99. The predicted molar refractivity (Wildman–Crippen MR) is 67.2 cm³/mol. The zero-order valence-electron chi connectivity index (χ0n) is 9.17. The minimum absolute atomic E-state index is 0.00181. The molecule has 90 valence electrons. The second-order valence-corrected chi connectivity index (χ2v) is 4.50. The number of amidine groups is 1. The Hall–Kier alpha value is -1.76. The van der Waals surface area contributed by atoms with Gasteiger partial charge in [-0.3, -0.25) is 15.5 Å². The fourth-order valence-corrected chi connectivity index (χ4v) is 2.46. The summed E-state index contributed by atoms with van der Waals surface area (Å²) in [5.74, 6) is 1.32. The molecule has 0 spiro atoms. The van der Waals surface area contributed by atoms with E-state index in [1.165, 1.54) is 24.9 Å². The summed E-state index contributed by atoms with van der Waals surface area (Å²) in [4.78, 5) is 12.1. The number of nitrogens with zero attached hydrogens (tertiary/aromatic N) is 2. The van der Waals surface area contributed by atoms with Gasteiger partial charge >= 0.3 is 0 Å². The quantitative estimate of drug-likeness (QED) is 0.659. The first-order chi connectivity index (χ1) is 8.13. The normalized spacial score (nSPS) is 15.1. The van der Waals surface area contributed by atoms with Gasteiger partial charge in [-0.05, 0) is 6.07 Å². The van der Waals surface area contributed by atoms with Crippen molar-refractivity contribution in [1.29, 1.82) is 5.41 Å². The summed E-state index contributed by atoms with van der Waals surface area (Å²) in [6.45, 7) is 0.609. The maximum atomic E-state index is 10.9. The maximum Gasteiger partial charge on any atom is 0.293 e. The molecular formula is C10H11N3O3S. The Balaban J connectivity index is 2.48. The van der Waals surface area contributed by atoms with Gasteiger partial charge in [-0.1, -0.05) is 11.8 Å². The molecule has 6 nitrogen and oxygen atoms in total. The highest BCUT2D eigenvalue weighted by Crippen LogP contribution is 2.35. The average Bonchev–Trinajstić information content (AvgIpc) is 2.74. The van der Waals surface area contributed by atoms with Crippen LogP contribution in [0.1, 0.15) is 0 Å². The van der Waals surface area contributed by atoms with Crippen LogP contribution in [0.15, 0.2) is 18.2 Å². The van der Waals surface area contributed by atoms with Crippen molar-refractivity contribution in [3.63, 3.8) is 0 Å². The minimum atomic E-state index is -0.439. The van der Waals surface area contributed by atoms with Crippen LogP contribution >= 0.6 is 11.8 Å². The molecule has 2 rings (SSSR count). The summed E-state index contributed by atoms with van der Waals surface area (Å²) in [7, 11) is 1.51. The Morgan fingerprint density at radius 2 is 2.35 bits per heavy atom. The molecule has 17 heavy (non-hydrogen) atoms. The van der Waals surface area contributed by atoms with Crippen LogP contribution in [0.4, 0.5) is 11.4 Å². The highest BCUT2D eigenvalue weighted by atomic mass is 32.2. The molecule has 1 fully saturated rings. The number of nitro groups is 1. The van der Waals surface area contributed by atoms with Gasteiger partial charge in [0.25, 0.3) is 5.69 Å². The summed E-state index contributed by atoms with van der Waals surface area (Å²) in [5.41, 5.74) is 0.419. The largest absolute Gasteiger partial charge is 0.497 e. The van der Waals surface area contributed by atoms with E-state index in [0.717, 1.165) is 5.75 Å². The number of nitro benzene ring substituents is 1. The van der Waals surface area contributed by atoms with Gasteiger partial charge in [-0.15, -0.1) is 0 Å². The van der Waals surface area contributed by atoms with E-state index in [0.29, 0.717) is 23.1 Å². The third-order valence-corrected chi connectivity index (χ3v) is 3.35. The highest BCUT2D eigenvalue weighted by Gasteiger charge is 2.26. The molecule has 1 saturated heterocycles. The molecule has 1 aliphatic heterocycles. The third-order valence-electron chi connectivity index (χ3n) is 2.47. The number of benzene rings is 1. The predicted octanol–water partition coefficient (Wildman–Crippen LogP) is 2.09. The third kappa shape index (κ3) is 2.19. The first-order valence-electron chi connectivity index (χ1n) is 4.95. The second kappa shape index (κ2) is 4.62. The van der Waals surface area contributed by atoms with E-state index < -0.39 is 4.92 Å². The van der Waals surface area contributed by atoms with Gasteiger partial charge in [0.05, 0.1) is 12.0 Å². The molecule has 0 aliphatic carbocycles. The Morgan fingerprint density at radius 1 is 1.59 bits per heavy atom. The van der Waals surface area contributed by atoms with Crippen molar-refractivity contribution in [2.24, 2.45) is 0 Å². The minimum Gasteiger partial charge on any atom is -0.497 e. The summed E-state index contributed by atoms with van der Waals surface area (Å²) >= 11 is 1.38. The number of anilines is 1. The molecular weight excluding hydrogens is 242 g/mol. The number of methoxy groups -OCH3 is 1. The van der Waals surface area contributed by atoms with Crippen LogP contribution in [0.5, 0.6) is 5.75 Å². The Labute approximate surface area is 102 Å². The fraction of sp³-hybridized carbons (Fsp3) is 0.300. The first-order valence-corrected chi connectivity index (χ1v) is 5.93. The fourth-order valence-electron chi connectivity index (χ4n) is 1.64. The molecule has 0 amide bonds. The van der Waals surface area contributed by atoms with E-state index in [1.54, 1.807) is 17.0 Å². The van der Waals surface area contributed by atoms with Crippen molar-refractivity contribution in [2.45, 2.75) is 0 Å². The lowest BCUT2D eigenvalue weighted by Crippen LogP contribution is -2.23. The van der Waals surface area contributed by atoms with Gasteiger partial charge in [0.15, 0.2) is 5.17 Å². The highest BCUT2D eigenvalue weighted by molar-refractivity contribution is 8.14. The molecule has 0 radical (unpaired) electrons. The van der Waals surface area contributed by atoms with Gasteiger partial charge in [-0.25, -0.2) is 0 Å². The van der Waals surface area contributed by atoms with Crippen molar-refractivity contribution < 1.29 is 9.66 Å². The van der Waals surface area contributed by atoms with Crippen LogP contribution in [0.25, 0.3) is 0 Å². The van der Waals surface area contributed by atoms with Gasteiger partial charge in [0.2, 0.25) is 0 Å². The van der Waals surface area contributed by atoms with E-state index in [2.05, 4.69) is 0 Å². The lowest BCUT2D eigenvalue weighted by molar-refractivity contribution is -0.384. The number of ether oxygens (including phenoxy) is 1. The molecule has 0 bridgehead atoms. The van der Waals surface area contributed by atoms with E-state index in [4.69, 9.17) is 10.1 Å². The van der Waals surface area contributed by atoms with Crippen molar-refractivity contribution in [3.8, 4) is 5.75 Å². The molecule has 1 N–H and O–H groups in total. The molecule has 0 aromatic heterocycles. The monoisotopic (exact) mass is 253 g/mol. The van der Waals surface area contributed by atoms with Crippen molar-refractivity contribution in [2.75, 3.05) is 24.3 Å². The molecule has 0 saturated carbocycles. The van der Waals surface area contributed by atoms with Crippen LogP contribution in [0.2, 0.25) is 0 Å².